The molecule has 1 amide bonds. The van der Waals surface area contributed by atoms with Crippen LogP contribution in [0.5, 0.6) is 0 Å². The standard InChI is InChI=1S/C24H22ClF3N6O2.CH5N/c25-23-31-19-2-4-34(22(35)20-12-17(1-3-30-20)33-5-7-36-8-6-33)13-18(19)21(32-23)14-9-15(24(26,27)28)11-16(29)10-14;1-2/h1,3,9-12H,2,4-8,13,29H2;2H2,1H3. The Morgan fingerprint density at radius 1 is 1.08 bits per heavy atom. The van der Waals surface area contributed by atoms with Crippen LogP contribution in [-0.2, 0) is 23.9 Å². The first kappa shape index (κ1) is 27.6. The van der Waals surface area contributed by atoms with Crippen molar-refractivity contribution in [3.05, 3.63) is 64.3 Å². The lowest BCUT2D eigenvalue weighted by Gasteiger charge is -2.31. The number of nitrogens with zero attached hydrogens (tertiary/aromatic N) is 5. The summed E-state index contributed by atoms with van der Waals surface area (Å²) in [7, 11) is 1.50. The molecule has 1 saturated heterocycles. The number of nitrogens with two attached hydrogens (primary N) is 2. The van der Waals surface area contributed by atoms with Gasteiger partial charge in [0.15, 0.2) is 0 Å². The predicted octanol–water partition coefficient (Wildman–Crippen LogP) is 3.40. The van der Waals surface area contributed by atoms with Gasteiger partial charge in [0, 0.05) is 61.3 Å². The van der Waals surface area contributed by atoms with Gasteiger partial charge in [0.1, 0.15) is 5.69 Å². The van der Waals surface area contributed by atoms with Crippen LogP contribution in [0.1, 0.15) is 27.3 Å². The monoisotopic (exact) mass is 549 g/mol. The second kappa shape index (κ2) is 11.5. The molecule has 202 valence electrons. The molecule has 4 heterocycles. The number of carbonyl (C=O) groups excluding carboxylic acids is 1. The molecule has 0 aliphatic carbocycles. The van der Waals surface area contributed by atoms with Gasteiger partial charge >= 0.3 is 6.18 Å². The van der Waals surface area contributed by atoms with Crippen molar-refractivity contribution >= 4 is 28.9 Å². The Morgan fingerprint density at radius 3 is 2.53 bits per heavy atom. The minimum Gasteiger partial charge on any atom is -0.399 e. The van der Waals surface area contributed by atoms with Crippen LogP contribution in [-0.4, -0.2) is 65.7 Å². The Balaban J connectivity index is 0.00000164. The van der Waals surface area contributed by atoms with Gasteiger partial charge in [-0.2, -0.15) is 13.2 Å². The zero-order valence-electron chi connectivity index (χ0n) is 20.6. The van der Waals surface area contributed by atoms with Gasteiger partial charge in [0.2, 0.25) is 5.28 Å². The van der Waals surface area contributed by atoms with Gasteiger partial charge in [-0.05, 0) is 49.0 Å². The maximum absolute atomic E-state index is 13.4. The number of carbonyl (C=O) groups is 1. The summed E-state index contributed by atoms with van der Waals surface area (Å²) in [5.41, 5.74) is 12.0. The third kappa shape index (κ3) is 5.98. The van der Waals surface area contributed by atoms with Gasteiger partial charge in [0.05, 0.1) is 30.2 Å². The molecule has 0 atom stereocenters. The number of anilines is 2. The molecule has 9 nitrogen and oxygen atoms in total. The van der Waals surface area contributed by atoms with Crippen molar-refractivity contribution in [3.8, 4) is 11.3 Å². The number of benzene rings is 1. The lowest BCUT2D eigenvalue weighted by atomic mass is 9.97. The summed E-state index contributed by atoms with van der Waals surface area (Å²) in [6.45, 7) is 3.11. The van der Waals surface area contributed by atoms with E-state index in [0.29, 0.717) is 37.4 Å². The summed E-state index contributed by atoms with van der Waals surface area (Å²) in [6.07, 6.45) is -2.62. The SMILES string of the molecule is CN.Nc1cc(-c2nc(Cl)nc3c2CN(C(=O)c2cc(N4CCOCC4)ccn2)CC3)cc(C(F)(F)F)c1. The van der Waals surface area contributed by atoms with Crippen LogP contribution >= 0.6 is 11.6 Å². The Kier molecular flexibility index (Phi) is 8.34. The minimum atomic E-state index is -4.58. The average molecular weight is 550 g/mol. The highest BCUT2D eigenvalue weighted by Gasteiger charge is 2.33. The maximum Gasteiger partial charge on any atom is 0.416 e. The predicted molar refractivity (Wildman–Crippen MR) is 138 cm³/mol. The van der Waals surface area contributed by atoms with Gasteiger partial charge in [-0.1, -0.05) is 0 Å². The molecule has 38 heavy (non-hydrogen) atoms. The van der Waals surface area contributed by atoms with Crippen LogP contribution in [0.25, 0.3) is 11.3 Å². The van der Waals surface area contributed by atoms with Crippen molar-refractivity contribution in [2.75, 3.05) is 50.5 Å². The van der Waals surface area contributed by atoms with Crippen molar-refractivity contribution in [2.24, 2.45) is 5.73 Å². The largest absolute Gasteiger partial charge is 0.416 e. The van der Waals surface area contributed by atoms with Gasteiger partial charge in [-0.15, -0.1) is 0 Å². The number of alkyl halides is 3. The first-order chi connectivity index (χ1) is 18.2. The van der Waals surface area contributed by atoms with E-state index >= 15 is 0 Å². The molecule has 0 saturated carbocycles. The van der Waals surface area contributed by atoms with E-state index in [4.69, 9.17) is 22.1 Å². The van der Waals surface area contributed by atoms with E-state index in [1.165, 1.54) is 13.1 Å². The van der Waals surface area contributed by atoms with Crippen LogP contribution in [0.2, 0.25) is 5.28 Å². The number of halogens is 4. The summed E-state index contributed by atoms with van der Waals surface area (Å²) in [5.74, 6) is -0.291. The molecule has 0 unspecified atom stereocenters. The molecule has 0 spiro atoms. The number of ether oxygens (including phenoxy) is 1. The summed E-state index contributed by atoms with van der Waals surface area (Å²) in [5, 5.41) is -0.0839. The number of rotatable bonds is 3. The van der Waals surface area contributed by atoms with Crippen molar-refractivity contribution in [2.45, 2.75) is 19.1 Å². The van der Waals surface area contributed by atoms with E-state index in [1.807, 2.05) is 6.07 Å². The molecule has 1 fully saturated rings. The number of aromatic nitrogens is 3. The molecule has 2 aliphatic heterocycles. The smallest absolute Gasteiger partial charge is 0.399 e. The fourth-order valence-electron chi connectivity index (χ4n) is 4.46. The summed E-state index contributed by atoms with van der Waals surface area (Å²) in [6, 6.07) is 6.84. The molecular weight excluding hydrogens is 523 g/mol. The fourth-order valence-corrected chi connectivity index (χ4v) is 4.65. The maximum atomic E-state index is 13.4. The quantitative estimate of drug-likeness (QED) is 0.376. The van der Waals surface area contributed by atoms with Gasteiger partial charge < -0.3 is 26.0 Å². The van der Waals surface area contributed by atoms with E-state index < -0.39 is 11.7 Å². The van der Waals surface area contributed by atoms with Gasteiger partial charge in [0.25, 0.3) is 5.91 Å². The zero-order chi connectivity index (χ0) is 27.4. The molecule has 1 aromatic carbocycles. The van der Waals surface area contributed by atoms with Crippen molar-refractivity contribution in [1.82, 2.24) is 19.9 Å². The highest BCUT2D eigenvalue weighted by molar-refractivity contribution is 6.28. The molecular formula is C25H27ClF3N7O2. The minimum absolute atomic E-state index is 0.0591. The van der Waals surface area contributed by atoms with Crippen LogP contribution < -0.4 is 16.4 Å². The number of hydrogen-bond acceptors (Lipinski definition) is 8. The third-order valence-corrected chi connectivity index (χ3v) is 6.38. The molecule has 4 N–H and O–H groups in total. The molecule has 0 bridgehead atoms. The summed E-state index contributed by atoms with van der Waals surface area (Å²) < 4.78 is 45.7. The lowest BCUT2D eigenvalue weighted by molar-refractivity contribution is -0.137. The van der Waals surface area contributed by atoms with Crippen LogP contribution in [0.3, 0.4) is 0 Å². The number of amides is 1. The number of nitrogen functional groups attached to an aromatic ring is 1. The Labute approximate surface area is 222 Å². The molecule has 3 aromatic rings. The van der Waals surface area contributed by atoms with Crippen LogP contribution in [0.15, 0.2) is 36.5 Å². The fraction of sp³-hybridized carbons (Fsp3) is 0.360. The average Bonchev–Trinajstić information content (AvgIpc) is 2.93. The van der Waals surface area contributed by atoms with Crippen LogP contribution in [0, 0.1) is 0 Å². The van der Waals surface area contributed by atoms with E-state index in [1.54, 1.807) is 17.2 Å². The molecule has 2 aromatic heterocycles. The molecule has 0 radical (unpaired) electrons. The molecule has 2 aliphatic rings. The molecule has 13 heteroatoms. The number of hydrogen-bond donors (Lipinski definition) is 2. The van der Waals surface area contributed by atoms with Crippen molar-refractivity contribution in [1.29, 1.82) is 0 Å². The van der Waals surface area contributed by atoms with Gasteiger partial charge in [-0.3, -0.25) is 9.78 Å². The second-order valence-electron chi connectivity index (χ2n) is 8.58. The van der Waals surface area contributed by atoms with Crippen molar-refractivity contribution in [3.63, 3.8) is 0 Å². The zero-order valence-corrected chi connectivity index (χ0v) is 21.4. The Hall–Kier alpha value is -3.48. The topological polar surface area (TPSA) is 123 Å². The first-order valence-electron chi connectivity index (χ1n) is 11.9. The number of pyridine rings is 1. The molecule has 5 rings (SSSR count). The van der Waals surface area contributed by atoms with E-state index in [0.717, 1.165) is 30.9 Å². The second-order valence-corrected chi connectivity index (χ2v) is 8.92. The Bertz CT molecular complexity index is 1320. The van der Waals surface area contributed by atoms with Crippen LogP contribution in [0.4, 0.5) is 24.5 Å². The summed E-state index contributed by atoms with van der Waals surface area (Å²) >= 11 is 6.11. The van der Waals surface area contributed by atoms with Crippen molar-refractivity contribution < 1.29 is 22.7 Å². The third-order valence-electron chi connectivity index (χ3n) is 6.22. The van der Waals surface area contributed by atoms with Gasteiger partial charge in [-0.25, -0.2) is 9.97 Å². The highest BCUT2D eigenvalue weighted by Crippen LogP contribution is 2.36. The highest BCUT2D eigenvalue weighted by atomic mass is 35.5. The lowest BCUT2D eigenvalue weighted by Crippen LogP contribution is -2.38. The van der Waals surface area contributed by atoms with E-state index in [-0.39, 0.29) is 40.4 Å². The normalized spacial score (nSPS) is 15.4. The van der Waals surface area contributed by atoms with E-state index in [2.05, 4.69) is 25.6 Å². The Morgan fingerprint density at radius 2 is 1.82 bits per heavy atom. The number of fused-ring (bicyclic) bond motifs is 1. The summed E-state index contributed by atoms with van der Waals surface area (Å²) in [4.78, 5) is 29.9. The van der Waals surface area contributed by atoms with E-state index in [9.17, 15) is 18.0 Å². The first-order valence-corrected chi connectivity index (χ1v) is 12.3. The number of morpholine rings is 1.